The first-order valence-electron chi connectivity index (χ1n) is 15.7. The van der Waals surface area contributed by atoms with E-state index in [1.165, 1.54) is 81.4 Å². The van der Waals surface area contributed by atoms with E-state index in [9.17, 15) is 0 Å². The Morgan fingerprint density at radius 2 is 1.49 bits per heavy atom. The van der Waals surface area contributed by atoms with Gasteiger partial charge in [0.25, 0.3) is 0 Å². The fraction of sp³-hybridized carbons (Fsp3) is 0.143. The van der Waals surface area contributed by atoms with Crippen molar-refractivity contribution in [1.82, 2.24) is 0 Å². The van der Waals surface area contributed by atoms with Crippen LogP contribution >= 0.6 is 11.3 Å². The Hall–Kier alpha value is -4.46. The highest BCUT2D eigenvalue weighted by molar-refractivity contribution is 7.26. The molecule has 0 nitrogen and oxygen atoms in total. The van der Waals surface area contributed by atoms with Crippen LogP contribution in [0.2, 0.25) is 0 Å². The third kappa shape index (κ3) is 3.95. The van der Waals surface area contributed by atoms with Crippen LogP contribution in [0.4, 0.5) is 0 Å². The Bertz CT molecular complexity index is 2150. The smallest absolute Gasteiger partial charge is 0.0434 e. The number of allylic oxidation sites excluding steroid dienone is 11. The van der Waals surface area contributed by atoms with Crippen molar-refractivity contribution < 1.29 is 0 Å². The Balaban J connectivity index is 1.28. The van der Waals surface area contributed by atoms with Crippen molar-refractivity contribution in [3.63, 3.8) is 0 Å². The van der Waals surface area contributed by atoms with Gasteiger partial charge in [-0.1, -0.05) is 115 Å². The molecule has 0 aliphatic heterocycles. The molecule has 1 atom stereocenters. The maximum atomic E-state index is 2.47. The summed E-state index contributed by atoms with van der Waals surface area (Å²) in [6.45, 7) is 0. The molecule has 0 bridgehead atoms. The maximum Gasteiger partial charge on any atom is 0.0434 e. The lowest BCUT2D eigenvalue weighted by Crippen LogP contribution is -2.19. The first-order valence-corrected chi connectivity index (χ1v) is 16.5. The number of hydrogen-bond donors (Lipinski definition) is 0. The summed E-state index contributed by atoms with van der Waals surface area (Å²) in [6, 6.07) is 32.1. The number of aryl methyl sites for hydroxylation is 1. The van der Waals surface area contributed by atoms with Crippen LogP contribution in [0.15, 0.2) is 138 Å². The van der Waals surface area contributed by atoms with E-state index in [0.29, 0.717) is 5.92 Å². The van der Waals surface area contributed by atoms with E-state index in [0.717, 1.165) is 32.1 Å². The van der Waals surface area contributed by atoms with Crippen molar-refractivity contribution in [2.75, 3.05) is 0 Å². The molecule has 4 aliphatic rings. The Morgan fingerprint density at radius 1 is 0.674 bits per heavy atom. The standard InChI is InChI=1S/C42H32S/c1-2-16-30-27(12-1)13-10-22-31(30)28-14-9-15-29(26-28)40-33-18-3-5-20-35(33)41(36-21-6-4-19-34(36)40)38-24-11-23-37-32-17-7-8-25-39(32)43-42(37)38/h2-5,7-11,13-17,19-20,22-26,33H,1,6,12,18,21H2. The largest absolute Gasteiger partial charge is 0.135 e. The molecule has 1 unspecified atom stereocenters. The van der Waals surface area contributed by atoms with Crippen LogP contribution in [0.25, 0.3) is 48.5 Å². The molecule has 0 spiro atoms. The molecule has 0 fully saturated rings. The number of thiophene rings is 1. The molecule has 0 amide bonds. The highest BCUT2D eigenvalue weighted by Crippen LogP contribution is 2.54. The number of hydrogen-bond acceptors (Lipinski definition) is 1. The van der Waals surface area contributed by atoms with Gasteiger partial charge in [-0.25, -0.2) is 0 Å². The normalized spacial score (nSPS) is 19.1. The first-order chi connectivity index (χ1) is 21.3. The molecule has 4 aromatic carbocycles. The van der Waals surface area contributed by atoms with Gasteiger partial charge in [0.2, 0.25) is 0 Å². The quantitative estimate of drug-likeness (QED) is 0.203. The van der Waals surface area contributed by atoms with Gasteiger partial charge in [-0.15, -0.1) is 11.3 Å². The molecule has 9 rings (SSSR count). The van der Waals surface area contributed by atoms with Gasteiger partial charge in [-0.05, 0) is 99.9 Å². The predicted molar refractivity (Wildman–Crippen MR) is 186 cm³/mol. The summed E-state index contributed by atoms with van der Waals surface area (Å²) in [5.41, 5.74) is 15.7. The van der Waals surface area contributed by atoms with E-state index in [2.05, 4.69) is 127 Å². The van der Waals surface area contributed by atoms with Crippen molar-refractivity contribution in [2.24, 2.45) is 5.92 Å². The summed E-state index contributed by atoms with van der Waals surface area (Å²) >= 11 is 1.95. The fourth-order valence-electron chi connectivity index (χ4n) is 7.89. The topological polar surface area (TPSA) is 0 Å². The molecule has 0 saturated carbocycles. The number of fused-ring (bicyclic) bond motifs is 6. The van der Waals surface area contributed by atoms with Gasteiger partial charge in [0.15, 0.2) is 0 Å². The van der Waals surface area contributed by atoms with Crippen molar-refractivity contribution >= 4 is 48.7 Å². The molecule has 5 aromatic rings. The van der Waals surface area contributed by atoms with Crippen molar-refractivity contribution in [2.45, 2.75) is 32.1 Å². The second-order valence-electron chi connectivity index (χ2n) is 12.1. The highest BCUT2D eigenvalue weighted by Gasteiger charge is 2.35. The SMILES string of the molecule is C1=CCC2C(=C1)C(c1cccc3c1sc1ccccc13)=C1CCC=CC1=C2c1cccc(-c2cccc3c2C=CCC3)c1. The molecular weight excluding hydrogens is 537 g/mol. The van der Waals surface area contributed by atoms with Crippen LogP contribution in [0.3, 0.4) is 0 Å². The molecular formula is C42H32S. The molecule has 1 heteroatoms. The van der Waals surface area contributed by atoms with Gasteiger partial charge in [-0.2, -0.15) is 0 Å². The fourth-order valence-corrected chi connectivity index (χ4v) is 9.11. The minimum absolute atomic E-state index is 0.339. The van der Waals surface area contributed by atoms with Gasteiger partial charge in [0.05, 0.1) is 0 Å². The Morgan fingerprint density at radius 3 is 2.49 bits per heavy atom. The molecule has 0 radical (unpaired) electrons. The maximum absolute atomic E-state index is 2.47. The van der Waals surface area contributed by atoms with Crippen LogP contribution in [0, 0.1) is 5.92 Å². The second kappa shape index (κ2) is 10.1. The van der Waals surface area contributed by atoms with Crippen molar-refractivity contribution in [3.05, 3.63) is 160 Å². The molecule has 1 heterocycles. The average molecular weight is 569 g/mol. The lowest BCUT2D eigenvalue weighted by Gasteiger charge is -2.37. The number of benzene rings is 4. The summed E-state index contributed by atoms with van der Waals surface area (Å²) < 4.78 is 2.79. The van der Waals surface area contributed by atoms with E-state index in [1.807, 2.05) is 11.3 Å². The molecule has 0 saturated heterocycles. The summed E-state index contributed by atoms with van der Waals surface area (Å²) in [6.07, 6.45) is 22.0. The summed E-state index contributed by atoms with van der Waals surface area (Å²) in [4.78, 5) is 0. The minimum atomic E-state index is 0.339. The highest BCUT2D eigenvalue weighted by atomic mass is 32.1. The van der Waals surface area contributed by atoms with E-state index < -0.39 is 0 Å². The van der Waals surface area contributed by atoms with Gasteiger partial charge >= 0.3 is 0 Å². The van der Waals surface area contributed by atoms with Gasteiger partial charge < -0.3 is 0 Å². The lowest BCUT2D eigenvalue weighted by atomic mass is 9.67. The van der Waals surface area contributed by atoms with Gasteiger partial charge in [-0.3, -0.25) is 0 Å². The first kappa shape index (κ1) is 25.1. The van der Waals surface area contributed by atoms with E-state index in [4.69, 9.17) is 0 Å². The molecule has 43 heavy (non-hydrogen) atoms. The summed E-state index contributed by atoms with van der Waals surface area (Å²) in [5, 5.41) is 2.75. The van der Waals surface area contributed by atoms with Crippen molar-refractivity contribution in [3.8, 4) is 11.1 Å². The zero-order valence-electron chi connectivity index (χ0n) is 24.1. The molecule has 206 valence electrons. The minimum Gasteiger partial charge on any atom is -0.135 e. The third-order valence-corrected chi connectivity index (χ3v) is 11.0. The van der Waals surface area contributed by atoms with Gasteiger partial charge in [0, 0.05) is 31.7 Å². The van der Waals surface area contributed by atoms with E-state index in [1.54, 1.807) is 0 Å². The van der Waals surface area contributed by atoms with Gasteiger partial charge in [0.1, 0.15) is 0 Å². The summed E-state index contributed by atoms with van der Waals surface area (Å²) in [5.74, 6) is 0.339. The third-order valence-electron chi connectivity index (χ3n) is 9.78. The average Bonchev–Trinajstić information content (AvgIpc) is 3.46. The van der Waals surface area contributed by atoms with Crippen molar-refractivity contribution in [1.29, 1.82) is 0 Å². The predicted octanol–water partition coefficient (Wildman–Crippen LogP) is 11.8. The van der Waals surface area contributed by atoms with Crippen LogP contribution < -0.4 is 0 Å². The monoisotopic (exact) mass is 568 g/mol. The summed E-state index contributed by atoms with van der Waals surface area (Å²) in [7, 11) is 0. The Labute approximate surface area is 257 Å². The van der Waals surface area contributed by atoms with Crippen LogP contribution in [0.1, 0.15) is 47.9 Å². The van der Waals surface area contributed by atoms with Crippen LogP contribution in [0.5, 0.6) is 0 Å². The van der Waals surface area contributed by atoms with E-state index >= 15 is 0 Å². The zero-order valence-corrected chi connectivity index (χ0v) is 25.0. The number of rotatable bonds is 3. The Kier molecular flexibility index (Phi) is 5.87. The molecule has 4 aliphatic carbocycles. The molecule has 1 aromatic heterocycles. The lowest BCUT2D eigenvalue weighted by molar-refractivity contribution is 0.789. The molecule has 0 N–H and O–H groups in total. The second-order valence-corrected chi connectivity index (χ2v) is 13.2. The van der Waals surface area contributed by atoms with Crippen LogP contribution in [-0.4, -0.2) is 0 Å². The zero-order chi connectivity index (χ0) is 28.3. The van der Waals surface area contributed by atoms with E-state index in [-0.39, 0.29) is 0 Å². The van der Waals surface area contributed by atoms with Crippen LogP contribution in [-0.2, 0) is 6.42 Å².